The molecule has 0 aromatic heterocycles. The Hall–Kier alpha value is -3.75. The average Bonchev–Trinajstić information content (AvgIpc) is 2.76. The van der Waals surface area contributed by atoms with Crippen LogP contribution >= 0.6 is 0 Å². The summed E-state index contributed by atoms with van der Waals surface area (Å²) < 4.78 is 15.5. The van der Waals surface area contributed by atoms with Gasteiger partial charge < -0.3 is 30.2 Å². The number of alkyl carbamates (subject to hydrolysis) is 1. The number of nitrogens with one attached hydrogen (secondary N) is 3. The molecule has 2 rings (SSSR count). The third-order valence-corrected chi connectivity index (χ3v) is 4.32. The maximum Gasteiger partial charge on any atom is 0.407 e. The molecule has 2 aromatic rings. The van der Waals surface area contributed by atoms with Gasteiger partial charge in [-0.25, -0.2) is 4.79 Å². The highest BCUT2D eigenvalue weighted by atomic mass is 16.6. The molecule has 9 nitrogen and oxygen atoms in total. The Bertz CT molecular complexity index is 945. The highest BCUT2D eigenvalue weighted by Crippen LogP contribution is 2.22. The first-order valence-corrected chi connectivity index (χ1v) is 10.5. The van der Waals surface area contributed by atoms with E-state index < -0.39 is 11.7 Å². The van der Waals surface area contributed by atoms with Crippen molar-refractivity contribution in [2.75, 3.05) is 26.1 Å². The van der Waals surface area contributed by atoms with Gasteiger partial charge in [-0.1, -0.05) is 12.1 Å². The summed E-state index contributed by atoms with van der Waals surface area (Å²) in [5.41, 5.74) is 1.32. The number of hydrogen-bond acceptors (Lipinski definition) is 6. The predicted molar refractivity (Wildman–Crippen MR) is 125 cm³/mol. The molecule has 178 valence electrons. The number of anilines is 1. The van der Waals surface area contributed by atoms with E-state index in [1.807, 2.05) is 0 Å². The maximum absolute atomic E-state index is 12.5. The van der Waals surface area contributed by atoms with E-state index in [1.54, 1.807) is 63.2 Å². The summed E-state index contributed by atoms with van der Waals surface area (Å²) in [7, 11) is 3.04. The highest BCUT2D eigenvalue weighted by Gasteiger charge is 2.16. The van der Waals surface area contributed by atoms with Gasteiger partial charge in [-0.3, -0.25) is 9.59 Å². The van der Waals surface area contributed by atoms with Gasteiger partial charge in [-0.05, 0) is 50.6 Å². The van der Waals surface area contributed by atoms with E-state index in [0.29, 0.717) is 29.3 Å². The summed E-state index contributed by atoms with van der Waals surface area (Å²) in [6.07, 6.45) is -0.449. The number of ether oxygens (including phenoxy) is 3. The van der Waals surface area contributed by atoms with Gasteiger partial charge in [0.15, 0.2) is 0 Å². The Balaban J connectivity index is 1.80. The number of hydrogen-bond donors (Lipinski definition) is 3. The van der Waals surface area contributed by atoms with Crippen LogP contribution in [0, 0.1) is 0 Å². The van der Waals surface area contributed by atoms with Crippen LogP contribution in [0.25, 0.3) is 0 Å². The minimum absolute atomic E-state index is 0.112. The highest BCUT2D eigenvalue weighted by molar-refractivity contribution is 5.95. The van der Waals surface area contributed by atoms with Crippen molar-refractivity contribution in [3.05, 3.63) is 53.6 Å². The fraction of sp³-hybridized carbons (Fsp3) is 0.375. The average molecular weight is 458 g/mol. The van der Waals surface area contributed by atoms with Crippen LogP contribution in [0.1, 0.15) is 43.1 Å². The number of carbonyl (C=O) groups excluding carboxylic acids is 3. The van der Waals surface area contributed by atoms with Gasteiger partial charge in [0, 0.05) is 36.8 Å². The zero-order valence-electron chi connectivity index (χ0n) is 19.6. The second-order valence-corrected chi connectivity index (χ2v) is 8.21. The Morgan fingerprint density at radius 1 is 0.879 bits per heavy atom. The Morgan fingerprint density at radius 2 is 1.48 bits per heavy atom. The predicted octanol–water partition coefficient (Wildman–Crippen LogP) is 3.49. The van der Waals surface area contributed by atoms with Gasteiger partial charge in [-0.15, -0.1) is 0 Å². The number of carbonyl (C=O) groups is 3. The Kier molecular flexibility index (Phi) is 9.08. The van der Waals surface area contributed by atoms with Crippen LogP contribution in [0.5, 0.6) is 11.5 Å². The first kappa shape index (κ1) is 25.5. The summed E-state index contributed by atoms with van der Waals surface area (Å²) in [5.74, 6) is 0.558. The van der Waals surface area contributed by atoms with Crippen molar-refractivity contribution >= 4 is 23.6 Å². The van der Waals surface area contributed by atoms with Gasteiger partial charge in [0.1, 0.15) is 17.1 Å². The quantitative estimate of drug-likeness (QED) is 0.531. The third kappa shape index (κ3) is 9.10. The third-order valence-electron chi connectivity index (χ3n) is 4.32. The summed E-state index contributed by atoms with van der Waals surface area (Å²) in [6.45, 7) is 5.78. The summed E-state index contributed by atoms with van der Waals surface area (Å²) in [4.78, 5) is 36.1. The molecule has 0 saturated heterocycles. The van der Waals surface area contributed by atoms with E-state index >= 15 is 0 Å². The van der Waals surface area contributed by atoms with Gasteiger partial charge in [0.25, 0.3) is 5.91 Å². The number of amides is 3. The molecule has 3 amide bonds. The minimum atomic E-state index is -0.589. The normalized spacial score (nSPS) is 10.7. The number of benzene rings is 2. The van der Waals surface area contributed by atoms with Crippen molar-refractivity contribution in [1.82, 2.24) is 10.6 Å². The zero-order chi connectivity index (χ0) is 24.4. The molecule has 0 aliphatic heterocycles. The topological polar surface area (TPSA) is 115 Å². The van der Waals surface area contributed by atoms with Crippen LogP contribution in [-0.2, 0) is 16.1 Å². The first-order valence-electron chi connectivity index (χ1n) is 10.5. The van der Waals surface area contributed by atoms with Gasteiger partial charge >= 0.3 is 6.09 Å². The monoisotopic (exact) mass is 457 g/mol. The van der Waals surface area contributed by atoms with Crippen molar-refractivity contribution in [1.29, 1.82) is 0 Å². The van der Waals surface area contributed by atoms with E-state index in [0.717, 1.165) is 5.56 Å². The van der Waals surface area contributed by atoms with Gasteiger partial charge in [0.05, 0.1) is 14.2 Å². The van der Waals surface area contributed by atoms with Crippen molar-refractivity contribution in [2.24, 2.45) is 0 Å². The number of methoxy groups -OCH3 is 2. The first-order chi connectivity index (χ1) is 15.6. The smallest absolute Gasteiger partial charge is 0.407 e. The molecule has 0 fully saturated rings. The molecule has 0 saturated carbocycles. The largest absolute Gasteiger partial charge is 0.497 e. The lowest BCUT2D eigenvalue weighted by atomic mass is 10.1. The lowest BCUT2D eigenvalue weighted by Crippen LogP contribution is -2.34. The molecule has 0 aliphatic carbocycles. The Morgan fingerprint density at radius 3 is 2.03 bits per heavy atom. The molecule has 33 heavy (non-hydrogen) atoms. The fourth-order valence-corrected chi connectivity index (χ4v) is 2.74. The van der Waals surface area contributed by atoms with Crippen LogP contribution < -0.4 is 25.4 Å². The molecular formula is C24H31N3O6. The van der Waals surface area contributed by atoms with Crippen molar-refractivity contribution in [3.63, 3.8) is 0 Å². The molecular weight excluding hydrogens is 426 g/mol. The zero-order valence-corrected chi connectivity index (χ0v) is 19.6. The van der Waals surface area contributed by atoms with E-state index in [4.69, 9.17) is 14.2 Å². The standard InChI is InChI=1S/C24H31N3O6/c1-24(2,3)33-23(30)25-11-10-21(28)27-18-8-6-16(7-9-18)15-26-22(29)17-12-19(31-4)14-20(13-17)32-5/h6-9,12-14H,10-11,15H2,1-5H3,(H,25,30)(H,26,29)(H,27,28). The van der Waals surface area contributed by atoms with Crippen molar-refractivity contribution in [2.45, 2.75) is 39.3 Å². The second-order valence-electron chi connectivity index (χ2n) is 8.21. The molecule has 0 aliphatic rings. The lowest BCUT2D eigenvalue weighted by Gasteiger charge is -2.19. The fourth-order valence-electron chi connectivity index (χ4n) is 2.74. The maximum atomic E-state index is 12.5. The SMILES string of the molecule is COc1cc(OC)cc(C(=O)NCc2ccc(NC(=O)CCNC(=O)OC(C)(C)C)cc2)c1. The molecule has 0 spiro atoms. The molecule has 0 atom stereocenters. The van der Waals surface area contributed by atoms with E-state index in [9.17, 15) is 14.4 Å². The van der Waals surface area contributed by atoms with Gasteiger partial charge in [-0.2, -0.15) is 0 Å². The molecule has 0 heterocycles. The van der Waals surface area contributed by atoms with Crippen LogP contribution in [0.2, 0.25) is 0 Å². The molecule has 2 aromatic carbocycles. The van der Waals surface area contributed by atoms with Crippen molar-refractivity contribution < 1.29 is 28.6 Å². The molecule has 9 heteroatoms. The van der Waals surface area contributed by atoms with Gasteiger partial charge in [0.2, 0.25) is 5.91 Å². The van der Waals surface area contributed by atoms with E-state index in [2.05, 4.69) is 16.0 Å². The van der Waals surface area contributed by atoms with Crippen LogP contribution in [0.3, 0.4) is 0 Å². The van der Waals surface area contributed by atoms with E-state index in [1.165, 1.54) is 14.2 Å². The van der Waals surface area contributed by atoms with Crippen LogP contribution in [0.4, 0.5) is 10.5 Å². The summed E-state index contributed by atoms with van der Waals surface area (Å²) >= 11 is 0. The van der Waals surface area contributed by atoms with Crippen LogP contribution in [-0.4, -0.2) is 44.3 Å². The second kappa shape index (κ2) is 11.8. The minimum Gasteiger partial charge on any atom is -0.497 e. The summed E-state index contributed by atoms with van der Waals surface area (Å²) in [6, 6.07) is 12.1. The lowest BCUT2D eigenvalue weighted by molar-refractivity contribution is -0.116. The molecule has 3 N–H and O–H groups in total. The number of rotatable bonds is 9. The summed E-state index contributed by atoms with van der Waals surface area (Å²) in [5, 5.41) is 8.15. The molecule has 0 bridgehead atoms. The van der Waals surface area contributed by atoms with Crippen molar-refractivity contribution in [3.8, 4) is 11.5 Å². The Labute approximate surface area is 193 Å². The van der Waals surface area contributed by atoms with E-state index in [-0.39, 0.29) is 24.8 Å². The van der Waals surface area contributed by atoms with Crippen LogP contribution in [0.15, 0.2) is 42.5 Å². The molecule has 0 radical (unpaired) electrons. The molecule has 0 unspecified atom stereocenters.